The van der Waals surface area contributed by atoms with Crippen molar-refractivity contribution in [1.82, 2.24) is 0 Å². The Labute approximate surface area is 105 Å². The molecule has 1 aromatic rings. The van der Waals surface area contributed by atoms with Crippen LogP contribution >= 0.6 is 28.3 Å². The first-order valence-corrected chi connectivity index (χ1v) is 5.56. The maximum absolute atomic E-state index is 13.7. The van der Waals surface area contributed by atoms with Crippen molar-refractivity contribution in [1.29, 1.82) is 0 Å². The first kappa shape index (κ1) is 14.9. The number of hydrogen-bond acceptors (Lipinski definition) is 1. The summed E-state index contributed by atoms with van der Waals surface area (Å²) in [6.07, 6.45) is 1.78. The van der Waals surface area contributed by atoms with E-state index in [1.165, 1.54) is 0 Å². The van der Waals surface area contributed by atoms with Crippen LogP contribution < -0.4 is 5.73 Å². The fourth-order valence-corrected chi connectivity index (χ4v) is 2.08. The average Bonchev–Trinajstić information content (AvgIpc) is 2.11. The molecule has 4 heteroatoms. The number of halogens is 3. The van der Waals surface area contributed by atoms with Crippen LogP contribution in [0.2, 0.25) is 0 Å². The molecular formula is C11H16BrClFN. The normalized spacial score (nSPS) is 12.1. The molecule has 86 valence electrons. The highest BCUT2D eigenvalue weighted by molar-refractivity contribution is 9.10. The van der Waals surface area contributed by atoms with Gasteiger partial charge in [0.05, 0.1) is 0 Å². The molecule has 0 spiro atoms. The minimum atomic E-state index is -0.198. The van der Waals surface area contributed by atoms with Gasteiger partial charge in [0.25, 0.3) is 0 Å². The van der Waals surface area contributed by atoms with Crippen molar-refractivity contribution < 1.29 is 4.39 Å². The number of rotatable bonds is 3. The molecule has 0 unspecified atom stereocenters. The third-order valence-electron chi connectivity index (χ3n) is 2.25. The minimum Gasteiger partial charge on any atom is -0.324 e. The summed E-state index contributed by atoms with van der Waals surface area (Å²) in [5.41, 5.74) is 7.13. The van der Waals surface area contributed by atoms with Crippen molar-refractivity contribution in [3.63, 3.8) is 0 Å². The Morgan fingerprint density at radius 3 is 2.60 bits per heavy atom. The number of benzene rings is 1. The van der Waals surface area contributed by atoms with Gasteiger partial charge in [0.15, 0.2) is 0 Å². The largest absolute Gasteiger partial charge is 0.324 e. The zero-order valence-electron chi connectivity index (χ0n) is 8.89. The van der Waals surface area contributed by atoms with E-state index in [0.29, 0.717) is 11.1 Å². The molecule has 0 radical (unpaired) electrons. The molecule has 0 amide bonds. The van der Waals surface area contributed by atoms with Crippen molar-refractivity contribution in [3.8, 4) is 0 Å². The molecule has 2 N–H and O–H groups in total. The molecular weight excluding hydrogens is 280 g/mol. The van der Waals surface area contributed by atoms with Crippen molar-refractivity contribution in [2.75, 3.05) is 0 Å². The van der Waals surface area contributed by atoms with E-state index >= 15 is 0 Å². The number of nitrogens with two attached hydrogens (primary N) is 1. The van der Waals surface area contributed by atoms with Crippen LogP contribution in [0.25, 0.3) is 0 Å². The van der Waals surface area contributed by atoms with Crippen LogP contribution in [0, 0.1) is 12.7 Å². The highest BCUT2D eigenvalue weighted by Crippen LogP contribution is 2.25. The lowest BCUT2D eigenvalue weighted by Crippen LogP contribution is -2.12. The molecule has 0 aromatic heterocycles. The second-order valence-corrected chi connectivity index (χ2v) is 4.44. The van der Waals surface area contributed by atoms with Crippen LogP contribution in [0.5, 0.6) is 0 Å². The van der Waals surface area contributed by atoms with E-state index in [9.17, 15) is 4.39 Å². The van der Waals surface area contributed by atoms with Gasteiger partial charge in [0.2, 0.25) is 0 Å². The van der Waals surface area contributed by atoms with Gasteiger partial charge in [-0.15, -0.1) is 12.4 Å². The Balaban J connectivity index is 0.00000196. The summed E-state index contributed by atoms with van der Waals surface area (Å²) in [4.78, 5) is 0. The maximum atomic E-state index is 13.7. The Bertz CT molecular complexity index is 331. The van der Waals surface area contributed by atoms with E-state index in [-0.39, 0.29) is 24.3 Å². The molecule has 1 aromatic carbocycles. The summed E-state index contributed by atoms with van der Waals surface area (Å²) in [5.74, 6) is -0.172. The van der Waals surface area contributed by atoms with Crippen molar-refractivity contribution in [2.24, 2.45) is 5.73 Å². The van der Waals surface area contributed by atoms with E-state index in [1.807, 2.05) is 6.92 Å². The van der Waals surface area contributed by atoms with Crippen LogP contribution in [0.4, 0.5) is 4.39 Å². The van der Waals surface area contributed by atoms with E-state index in [2.05, 4.69) is 15.9 Å². The van der Waals surface area contributed by atoms with Gasteiger partial charge in [0.1, 0.15) is 5.82 Å². The van der Waals surface area contributed by atoms with Crippen LogP contribution in [0.1, 0.15) is 36.9 Å². The smallest absolute Gasteiger partial charge is 0.130 e. The fraction of sp³-hybridized carbons (Fsp3) is 0.455. The summed E-state index contributed by atoms with van der Waals surface area (Å²) in [6.45, 7) is 3.80. The lowest BCUT2D eigenvalue weighted by molar-refractivity contribution is 0.553. The van der Waals surface area contributed by atoms with Crippen molar-refractivity contribution in [3.05, 3.63) is 33.5 Å². The van der Waals surface area contributed by atoms with E-state index in [0.717, 1.165) is 17.3 Å². The predicted octanol–water partition coefficient (Wildman–Crippen LogP) is 4.12. The first-order chi connectivity index (χ1) is 6.56. The highest BCUT2D eigenvalue weighted by Gasteiger charge is 2.13. The molecule has 0 saturated carbocycles. The molecule has 0 aliphatic rings. The molecule has 1 nitrogen and oxygen atoms in total. The zero-order valence-corrected chi connectivity index (χ0v) is 11.3. The summed E-state index contributed by atoms with van der Waals surface area (Å²) >= 11 is 3.34. The van der Waals surface area contributed by atoms with Gasteiger partial charge in [-0.05, 0) is 31.0 Å². The van der Waals surface area contributed by atoms with E-state index in [1.54, 1.807) is 19.1 Å². The monoisotopic (exact) mass is 295 g/mol. The minimum absolute atomic E-state index is 0. The quantitative estimate of drug-likeness (QED) is 0.892. The molecule has 0 aliphatic carbocycles. The maximum Gasteiger partial charge on any atom is 0.130 e. The zero-order chi connectivity index (χ0) is 10.7. The van der Waals surface area contributed by atoms with Gasteiger partial charge >= 0.3 is 0 Å². The third-order valence-corrected chi connectivity index (χ3v) is 2.70. The Hall–Kier alpha value is -0.120. The molecule has 0 heterocycles. The van der Waals surface area contributed by atoms with Gasteiger partial charge in [0, 0.05) is 16.1 Å². The van der Waals surface area contributed by atoms with E-state index < -0.39 is 0 Å². The van der Waals surface area contributed by atoms with Crippen LogP contribution in [0.3, 0.4) is 0 Å². The van der Waals surface area contributed by atoms with Crippen molar-refractivity contribution in [2.45, 2.75) is 32.7 Å². The fourth-order valence-electron chi connectivity index (χ4n) is 1.49. The number of hydrogen-bond donors (Lipinski definition) is 1. The molecule has 0 fully saturated rings. The average molecular weight is 297 g/mol. The molecule has 1 atom stereocenters. The van der Waals surface area contributed by atoms with Gasteiger partial charge < -0.3 is 5.73 Å². The Morgan fingerprint density at radius 2 is 2.07 bits per heavy atom. The van der Waals surface area contributed by atoms with Crippen molar-refractivity contribution >= 4 is 28.3 Å². The molecule has 0 bridgehead atoms. The molecule has 15 heavy (non-hydrogen) atoms. The van der Waals surface area contributed by atoms with Gasteiger partial charge in [-0.1, -0.05) is 29.3 Å². The van der Waals surface area contributed by atoms with Crippen LogP contribution in [-0.4, -0.2) is 0 Å². The van der Waals surface area contributed by atoms with Gasteiger partial charge in [-0.3, -0.25) is 0 Å². The lowest BCUT2D eigenvalue weighted by atomic mass is 10.0. The summed E-state index contributed by atoms with van der Waals surface area (Å²) < 4.78 is 14.5. The topological polar surface area (TPSA) is 26.0 Å². The second-order valence-electron chi connectivity index (χ2n) is 3.52. The van der Waals surface area contributed by atoms with Crippen LogP contribution in [-0.2, 0) is 0 Å². The van der Waals surface area contributed by atoms with Gasteiger partial charge in [-0.25, -0.2) is 4.39 Å². The standard InChI is InChI=1S/C11H15BrFN.ClH/c1-3-4-10(14)9-6-8(12)5-7(2)11(9)13;/h5-6,10H,3-4,14H2,1-2H3;1H/t10-;/m0./s1. The lowest BCUT2D eigenvalue weighted by Gasteiger charge is -2.13. The first-order valence-electron chi connectivity index (χ1n) is 4.77. The highest BCUT2D eigenvalue weighted by atomic mass is 79.9. The Morgan fingerprint density at radius 1 is 1.47 bits per heavy atom. The SMILES string of the molecule is CCC[C@H](N)c1cc(Br)cc(C)c1F.Cl. The van der Waals surface area contributed by atoms with Gasteiger partial charge in [-0.2, -0.15) is 0 Å². The summed E-state index contributed by atoms with van der Waals surface area (Å²) in [5, 5.41) is 0. The molecule has 0 saturated heterocycles. The van der Waals surface area contributed by atoms with E-state index in [4.69, 9.17) is 5.73 Å². The Kier molecular flexibility index (Phi) is 6.41. The molecule has 0 aliphatic heterocycles. The number of aryl methyl sites for hydroxylation is 1. The summed E-state index contributed by atoms with van der Waals surface area (Å²) in [7, 11) is 0. The summed E-state index contributed by atoms with van der Waals surface area (Å²) in [6, 6.07) is 3.33. The predicted molar refractivity (Wildman–Crippen MR) is 67.9 cm³/mol. The third kappa shape index (κ3) is 3.74. The van der Waals surface area contributed by atoms with Crippen LogP contribution in [0.15, 0.2) is 16.6 Å². The second kappa shape index (κ2) is 6.46. The molecule has 1 rings (SSSR count).